The van der Waals surface area contributed by atoms with E-state index >= 15 is 0 Å². The monoisotopic (exact) mass is 509 g/mol. The Morgan fingerprint density at radius 2 is 1.88 bits per heavy atom. The second kappa shape index (κ2) is 11.6. The lowest BCUT2D eigenvalue weighted by molar-refractivity contribution is -0.159. The SMILES string of the molecule is COCCn1c(-c2ccc3c(c2)OCO3)cnc1NCc1cccc(Cl)c1Cl.O=C(O)C(=O)O. The fraction of sp³-hybridized carbons (Fsp3) is 0.227. The Bertz CT molecular complexity index is 1170. The molecule has 1 aromatic heterocycles. The predicted octanol–water partition coefficient (Wildman–Crippen LogP) is 4.00. The maximum absolute atomic E-state index is 9.10. The minimum atomic E-state index is -1.82. The van der Waals surface area contributed by atoms with Gasteiger partial charge in [0.05, 0.1) is 28.5 Å². The number of anilines is 1. The van der Waals surface area contributed by atoms with Crippen molar-refractivity contribution in [1.29, 1.82) is 0 Å². The summed E-state index contributed by atoms with van der Waals surface area (Å²) in [5.74, 6) is -1.44. The molecule has 34 heavy (non-hydrogen) atoms. The van der Waals surface area contributed by atoms with E-state index in [1.54, 1.807) is 13.2 Å². The van der Waals surface area contributed by atoms with Crippen LogP contribution in [0.15, 0.2) is 42.6 Å². The lowest BCUT2D eigenvalue weighted by atomic mass is 10.1. The molecule has 12 heteroatoms. The quantitative estimate of drug-likeness (QED) is 0.404. The molecule has 0 bridgehead atoms. The molecule has 0 radical (unpaired) electrons. The maximum Gasteiger partial charge on any atom is 0.414 e. The number of aliphatic carboxylic acids is 2. The molecule has 3 N–H and O–H groups in total. The van der Waals surface area contributed by atoms with Gasteiger partial charge in [0.1, 0.15) is 0 Å². The number of hydrogen-bond donors (Lipinski definition) is 3. The summed E-state index contributed by atoms with van der Waals surface area (Å²) in [4.78, 5) is 22.8. The van der Waals surface area contributed by atoms with Crippen molar-refractivity contribution in [2.75, 3.05) is 25.8 Å². The summed E-state index contributed by atoms with van der Waals surface area (Å²) in [5, 5.41) is 19.2. The molecule has 4 rings (SSSR count). The van der Waals surface area contributed by atoms with Crippen LogP contribution in [0.5, 0.6) is 11.5 Å². The maximum atomic E-state index is 9.10. The van der Waals surface area contributed by atoms with Gasteiger partial charge in [0.15, 0.2) is 11.5 Å². The van der Waals surface area contributed by atoms with Crippen molar-refractivity contribution < 1.29 is 34.0 Å². The normalized spacial score (nSPS) is 11.5. The van der Waals surface area contributed by atoms with Crippen molar-refractivity contribution in [1.82, 2.24) is 9.55 Å². The first-order valence-corrected chi connectivity index (χ1v) is 10.6. The number of carbonyl (C=O) groups is 2. The number of imidazole rings is 1. The topological polar surface area (TPSA) is 132 Å². The molecule has 0 amide bonds. The number of aromatic nitrogens is 2. The Morgan fingerprint density at radius 3 is 2.59 bits per heavy atom. The van der Waals surface area contributed by atoms with Gasteiger partial charge in [0, 0.05) is 25.8 Å². The number of hydrogen-bond acceptors (Lipinski definition) is 7. The van der Waals surface area contributed by atoms with E-state index in [9.17, 15) is 0 Å². The molecule has 1 aliphatic rings. The molecule has 3 aromatic rings. The number of fused-ring (bicyclic) bond motifs is 1. The lowest BCUT2D eigenvalue weighted by Crippen LogP contribution is -2.12. The molecule has 2 aromatic carbocycles. The van der Waals surface area contributed by atoms with E-state index in [2.05, 4.69) is 14.9 Å². The fourth-order valence-electron chi connectivity index (χ4n) is 3.07. The number of carboxylic acids is 2. The van der Waals surface area contributed by atoms with E-state index in [4.69, 9.17) is 57.2 Å². The molecule has 0 atom stereocenters. The minimum absolute atomic E-state index is 0.245. The highest BCUT2D eigenvalue weighted by atomic mass is 35.5. The first kappa shape index (κ1) is 25.2. The number of rotatable bonds is 7. The summed E-state index contributed by atoms with van der Waals surface area (Å²) in [7, 11) is 1.68. The molecule has 0 fully saturated rings. The molecule has 0 spiro atoms. The van der Waals surface area contributed by atoms with Crippen molar-refractivity contribution >= 4 is 41.1 Å². The molecular weight excluding hydrogens is 489 g/mol. The van der Waals surface area contributed by atoms with Gasteiger partial charge in [0.25, 0.3) is 0 Å². The van der Waals surface area contributed by atoms with E-state index in [0.717, 1.165) is 34.3 Å². The van der Waals surface area contributed by atoms with Crippen LogP contribution in [0.1, 0.15) is 5.56 Å². The van der Waals surface area contributed by atoms with E-state index in [1.165, 1.54) is 0 Å². The molecule has 0 saturated heterocycles. The zero-order valence-electron chi connectivity index (χ0n) is 18.0. The van der Waals surface area contributed by atoms with Gasteiger partial charge in [-0.25, -0.2) is 14.6 Å². The zero-order valence-corrected chi connectivity index (χ0v) is 19.5. The second-order valence-electron chi connectivity index (χ2n) is 6.86. The van der Waals surface area contributed by atoms with E-state index < -0.39 is 11.9 Å². The predicted molar refractivity (Wildman–Crippen MR) is 125 cm³/mol. The molecule has 0 saturated carbocycles. The number of ether oxygens (including phenoxy) is 3. The first-order chi connectivity index (χ1) is 16.3. The summed E-state index contributed by atoms with van der Waals surface area (Å²) in [6, 6.07) is 11.4. The average molecular weight is 510 g/mol. The third-order valence-corrected chi connectivity index (χ3v) is 5.55. The standard InChI is InChI=1S/C20H19Cl2N3O3.C2H2O4/c1-26-8-7-25-16(13-5-6-17-18(9-13)28-12-27-17)11-24-20(25)23-10-14-3-2-4-15(21)19(14)22;3-1(4)2(5)6/h2-6,9,11H,7-8,10,12H2,1H3,(H,23,24);(H,3,4)(H,5,6). The van der Waals surface area contributed by atoms with Crippen LogP contribution in [0.3, 0.4) is 0 Å². The number of halogens is 2. The van der Waals surface area contributed by atoms with Crippen molar-refractivity contribution in [3.63, 3.8) is 0 Å². The molecular formula is C22H21Cl2N3O7. The lowest BCUT2D eigenvalue weighted by Gasteiger charge is -2.14. The Kier molecular flexibility index (Phi) is 8.58. The van der Waals surface area contributed by atoms with Gasteiger partial charge in [-0.2, -0.15) is 0 Å². The third kappa shape index (κ3) is 6.10. The number of carboxylic acid groups (broad SMARTS) is 2. The minimum Gasteiger partial charge on any atom is -0.473 e. The van der Waals surface area contributed by atoms with Crippen LogP contribution in [0, 0.1) is 0 Å². The van der Waals surface area contributed by atoms with Crippen molar-refractivity contribution in [2.45, 2.75) is 13.1 Å². The summed E-state index contributed by atoms with van der Waals surface area (Å²) >= 11 is 12.4. The molecule has 10 nitrogen and oxygen atoms in total. The molecule has 0 unspecified atom stereocenters. The Labute approximate surface area is 204 Å². The van der Waals surface area contributed by atoms with Gasteiger partial charge in [-0.15, -0.1) is 0 Å². The van der Waals surface area contributed by atoms with E-state index in [1.807, 2.05) is 36.5 Å². The summed E-state index contributed by atoms with van der Waals surface area (Å²) in [5.41, 5.74) is 2.84. The van der Waals surface area contributed by atoms with Crippen molar-refractivity contribution in [2.24, 2.45) is 0 Å². The Hall–Kier alpha value is -3.47. The number of methoxy groups -OCH3 is 1. The van der Waals surface area contributed by atoms with Gasteiger partial charge in [0.2, 0.25) is 12.7 Å². The van der Waals surface area contributed by atoms with Gasteiger partial charge in [-0.3, -0.25) is 0 Å². The van der Waals surface area contributed by atoms with Crippen LogP contribution < -0.4 is 14.8 Å². The van der Waals surface area contributed by atoms with Crippen molar-refractivity contribution in [3.05, 3.63) is 58.2 Å². The highest BCUT2D eigenvalue weighted by Gasteiger charge is 2.17. The van der Waals surface area contributed by atoms with Gasteiger partial charge < -0.3 is 34.3 Å². The Balaban J connectivity index is 0.000000481. The molecule has 0 aliphatic carbocycles. The fourth-order valence-corrected chi connectivity index (χ4v) is 3.46. The number of benzene rings is 2. The highest BCUT2D eigenvalue weighted by Crippen LogP contribution is 2.36. The van der Waals surface area contributed by atoms with Crippen LogP contribution >= 0.6 is 23.2 Å². The second-order valence-corrected chi connectivity index (χ2v) is 7.64. The third-order valence-electron chi connectivity index (χ3n) is 4.69. The highest BCUT2D eigenvalue weighted by molar-refractivity contribution is 6.42. The molecule has 2 heterocycles. The molecule has 180 valence electrons. The Morgan fingerprint density at radius 1 is 1.15 bits per heavy atom. The summed E-state index contributed by atoms with van der Waals surface area (Å²) in [6.45, 7) is 1.95. The van der Waals surface area contributed by atoms with E-state index in [0.29, 0.717) is 29.7 Å². The van der Waals surface area contributed by atoms with Crippen LogP contribution in [0.4, 0.5) is 5.95 Å². The first-order valence-electron chi connectivity index (χ1n) is 9.89. The average Bonchev–Trinajstić information content (AvgIpc) is 3.45. The van der Waals surface area contributed by atoms with Crippen LogP contribution in [0.25, 0.3) is 11.3 Å². The van der Waals surface area contributed by atoms with Gasteiger partial charge in [-0.05, 0) is 29.8 Å². The molecule has 1 aliphatic heterocycles. The van der Waals surface area contributed by atoms with Gasteiger partial charge in [-0.1, -0.05) is 35.3 Å². The largest absolute Gasteiger partial charge is 0.473 e. The van der Waals surface area contributed by atoms with E-state index in [-0.39, 0.29) is 6.79 Å². The number of nitrogens with one attached hydrogen (secondary N) is 1. The van der Waals surface area contributed by atoms with Crippen molar-refractivity contribution in [3.8, 4) is 22.8 Å². The van der Waals surface area contributed by atoms with Crippen LogP contribution in [-0.4, -0.2) is 52.2 Å². The number of nitrogens with zero attached hydrogens (tertiary/aromatic N) is 2. The zero-order chi connectivity index (χ0) is 24.7. The summed E-state index contributed by atoms with van der Waals surface area (Å²) in [6.07, 6.45) is 1.83. The summed E-state index contributed by atoms with van der Waals surface area (Å²) < 4.78 is 18.2. The van der Waals surface area contributed by atoms with Gasteiger partial charge >= 0.3 is 11.9 Å². The smallest absolute Gasteiger partial charge is 0.414 e. The van der Waals surface area contributed by atoms with Crippen LogP contribution in [-0.2, 0) is 27.4 Å². The van der Waals surface area contributed by atoms with Crippen LogP contribution in [0.2, 0.25) is 10.0 Å².